The van der Waals surface area contributed by atoms with Gasteiger partial charge in [-0.25, -0.2) is 4.98 Å². The number of benzene rings is 1. The minimum absolute atomic E-state index is 0.0470. The molecular formula is C14H14N4O4S. The number of rotatable bonds is 5. The molecule has 0 saturated heterocycles. The first-order valence-corrected chi connectivity index (χ1v) is 7.60. The van der Waals surface area contributed by atoms with E-state index in [0.29, 0.717) is 22.1 Å². The van der Waals surface area contributed by atoms with Crippen molar-refractivity contribution in [1.29, 1.82) is 0 Å². The Bertz CT molecular complexity index is 801. The van der Waals surface area contributed by atoms with E-state index in [2.05, 4.69) is 15.3 Å². The Labute approximate surface area is 135 Å². The summed E-state index contributed by atoms with van der Waals surface area (Å²) in [5.74, 6) is -0.243. The van der Waals surface area contributed by atoms with E-state index < -0.39 is 4.92 Å². The van der Waals surface area contributed by atoms with Crippen LogP contribution in [0.3, 0.4) is 0 Å². The van der Waals surface area contributed by atoms with Crippen molar-refractivity contribution >= 4 is 29.0 Å². The van der Waals surface area contributed by atoms with Gasteiger partial charge < -0.3 is 10.3 Å². The first-order chi connectivity index (χ1) is 10.9. The zero-order chi connectivity index (χ0) is 17.0. The highest BCUT2D eigenvalue weighted by Crippen LogP contribution is 2.17. The number of nitro groups is 1. The fraction of sp³-hybridized carbons (Fsp3) is 0.214. The number of non-ortho nitro benzene ring substituents is 1. The summed E-state index contributed by atoms with van der Waals surface area (Å²) >= 11 is 1.11. The molecule has 0 radical (unpaired) electrons. The van der Waals surface area contributed by atoms with Crippen LogP contribution in [0, 0.1) is 24.0 Å². The van der Waals surface area contributed by atoms with E-state index in [9.17, 15) is 19.7 Å². The van der Waals surface area contributed by atoms with Crippen molar-refractivity contribution < 1.29 is 9.72 Å². The number of nitrogens with zero attached hydrogens (tertiary/aromatic N) is 2. The van der Waals surface area contributed by atoms with Gasteiger partial charge in [0.05, 0.1) is 10.7 Å². The van der Waals surface area contributed by atoms with Crippen LogP contribution in [-0.4, -0.2) is 26.6 Å². The van der Waals surface area contributed by atoms with Gasteiger partial charge in [-0.2, -0.15) is 0 Å². The molecule has 0 spiro atoms. The summed E-state index contributed by atoms with van der Waals surface area (Å²) < 4.78 is 0. The second-order valence-corrected chi connectivity index (χ2v) is 5.69. The van der Waals surface area contributed by atoms with Crippen LogP contribution in [0.1, 0.15) is 11.3 Å². The Morgan fingerprint density at radius 1 is 1.35 bits per heavy atom. The quantitative estimate of drug-likeness (QED) is 0.374. The number of nitro benzene ring substituents is 1. The van der Waals surface area contributed by atoms with Crippen LogP contribution in [0.2, 0.25) is 0 Å². The molecule has 120 valence electrons. The predicted molar refractivity (Wildman–Crippen MR) is 86.8 cm³/mol. The van der Waals surface area contributed by atoms with Crippen LogP contribution in [0.25, 0.3) is 0 Å². The average Bonchev–Trinajstić information content (AvgIpc) is 2.51. The molecule has 1 aromatic heterocycles. The number of amides is 1. The number of carbonyl (C=O) groups is 1. The SMILES string of the molecule is Cc1nc(SCC(=O)Nc2ccc([N+](=O)[O-])cc2)[nH]c(=O)c1C. The molecule has 2 N–H and O–H groups in total. The second-order valence-electron chi connectivity index (χ2n) is 4.72. The Balaban J connectivity index is 1.95. The second kappa shape index (κ2) is 7.05. The van der Waals surface area contributed by atoms with Gasteiger partial charge in [-0.3, -0.25) is 19.7 Å². The van der Waals surface area contributed by atoms with Crippen LogP contribution < -0.4 is 10.9 Å². The van der Waals surface area contributed by atoms with Gasteiger partial charge in [0.25, 0.3) is 11.2 Å². The number of nitrogens with one attached hydrogen (secondary N) is 2. The van der Waals surface area contributed by atoms with E-state index >= 15 is 0 Å². The first kappa shape index (κ1) is 16.7. The highest BCUT2D eigenvalue weighted by molar-refractivity contribution is 7.99. The van der Waals surface area contributed by atoms with E-state index in [1.165, 1.54) is 24.3 Å². The smallest absolute Gasteiger partial charge is 0.269 e. The van der Waals surface area contributed by atoms with Crippen molar-refractivity contribution in [2.24, 2.45) is 0 Å². The van der Waals surface area contributed by atoms with Crippen LogP contribution in [0.15, 0.2) is 34.2 Å². The van der Waals surface area contributed by atoms with Crippen molar-refractivity contribution in [3.8, 4) is 0 Å². The summed E-state index contributed by atoms with van der Waals surface area (Å²) in [7, 11) is 0. The molecule has 1 amide bonds. The van der Waals surface area contributed by atoms with Crippen molar-refractivity contribution in [3.05, 3.63) is 56.0 Å². The number of thioether (sulfide) groups is 1. The highest BCUT2D eigenvalue weighted by atomic mass is 32.2. The first-order valence-electron chi connectivity index (χ1n) is 6.61. The number of H-pyrrole nitrogens is 1. The molecule has 9 heteroatoms. The number of carbonyl (C=O) groups excluding carboxylic acids is 1. The molecular weight excluding hydrogens is 320 g/mol. The molecule has 0 aliphatic carbocycles. The molecule has 0 aliphatic heterocycles. The summed E-state index contributed by atoms with van der Waals surface area (Å²) in [5.41, 5.74) is 1.35. The number of aryl methyl sites for hydroxylation is 1. The largest absolute Gasteiger partial charge is 0.325 e. The molecule has 1 aromatic carbocycles. The van der Waals surface area contributed by atoms with Gasteiger partial charge in [0.15, 0.2) is 5.16 Å². The molecule has 23 heavy (non-hydrogen) atoms. The van der Waals surface area contributed by atoms with E-state index in [0.717, 1.165) is 11.8 Å². The monoisotopic (exact) mass is 334 g/mol. The maximum atomic E-state index is 11.9. The molecule has 0 aliphatic rings. The van der Waals surface area contributed by atoms with Crippen LogP contribution in [0.5, 0.6) is 0 Å². The summed E-state index contributed by atoms with van der Waals surface area (Å²) in [5, 5.41) is 13.5. The lowest BCUT2D eigenvalue weighted by atomic mass is 10.3. The summed E-state index contributed by atoms with van der Waals surface area (Å²) in [6, 6.07) is 5.53. The third-order valence-corrected chi connectivity index (χ3v) is 3.95. The van der Waals surface area contributed by atoms with Gasteiger partial charge in [-0.05, 0) is 26.0 Å². The fourth-order valence-corrected chi connectivity index (χ4v) is 2.39. The lowest BCUT2D eigenvalue weighted by Crippen LogP contribution is -2.17. The van der Waals surface area contributed by atoms with E-state index in [1.54, 1.807) is 13.8 Å². The maximum Gasteiger partial charge on any atom is 0.269 e. The third-order valence-electron chi connectivity index (χ3n) is 3.07. The van der Waals surface area contributed by atoms with E-state index in [4.69, 9.17) is 0 Å². The molecule has 0 saturated carbocycles. The van der Waals surface area contributed by atoms with Crippen molar-refractivity contribution in [1.82, 2.24) is 9.97 Å². The molecule has 0 atom stereocenters. The van der Waals surface area contributed by atoms with Gasteiger partial charge in [-0.15, -0.1) is 0 Å². The van der Waals surface area contributed by atoms with E-state index in [-0.39, 0.29) is 22.9 Å². The number of anilines is 1. The minimum Gasteiger partial charge on any atom is -0.325 e. The van der Waals surface area contributed by atoms with Gasteiger partial charge >= 0.3 is 0 Å². The van der Waals surface area contributed by atoms with E-state index in [1.807, 2.05) is 0 Å². The number of aromatic amines is 1. The Morgan fingerprint density at radius 2 is 2.00 bits per heavy atom. The Morgan fingerprint density at radius 3 is 2.57 bits per heavy atom. The molecule has 2 rings (SSSR count). The Hall–Kier alpha value is -2.68. The van der Waals surface area contributed by atoms with Gasteiger partial charge in [0.2, 0.25) is 5.91 Å². The molecule has 0 fully saturated rings. The average molecular weight is 334 g/mol. The Kier molecular flexibility index (Phi) is 5.12. The molecule has 0 unspecified atom stereocenters. The van der Waals surface area contributed by atoms with Crippen LogP contribution in [0.4, 0.5) is 11.4 Å². The lowest BCUT2D eigenvalue weighted by molar-refractivity contribution is -0.384. The lowest BCUT2D eigenvalue weighted by Gasteiger charge is -2.05. The third kappa shape index (κ3) is 4.39. The molecule has 2 aromatic rings. The van der Waals surface area contributed by atoms with Gasteiger partial charge in [0.1, 0.15) is 0 Å². The number of hydrogen-bond acceptors (Lipinski definition) is 6. The fourth-order valence-electron chi connectivity index (χ4n) is 1.69. The molecule has 0 bridgehead atoms. The number of aromatic nitrogens is 2. The molecule has 1 heterocycles. The van der Waals surface area contributed by atoms with Gasteiger partial charge in [-0.1, -0.05) is 11.8 Å². The van der Waals surface area contributed by atoms with Crippen molar-refractivity contribution in [3.63, 3.8) is 0 Å². The zero-order valence-electron chi connectivity index (χ0n) is 12.5. The van der Waals surface area contributed by atoms with Crippen LogP contribution >= 0.6 is 11.8 Å². The number of hydrogen-bond donors (Lipinski definition) is 2. The molecule has 8 nitrogen and oxygen atoms in total. The standard InChI is InChI=1S/C14H14N4O4S/c1-8-9(2)15-14(17-13(8)20)23-7-12(19)16-10-3-5-11(6-4-10)18(21)22/h3-6H,7H2,1-2H3,(H,16,19)(H,15,17,20). The zero-order valence-corrected chi connectivity index (χ0v) is 13.3. The maximum absolute atomic E-state index is 11.9. The minimum atomic E-state index is -0.511. The van der Waals surface area contributed by atoms with Crippen molar-refractivity contribution in [2.45, 2.75) is 19.0 Å². The predicted octanol–water partition coefficient (Wildman–Crippen LogP) is 2.03. The van der Waals surface area contributed by atoms with Crippen molar-refractivity contribution in [2.75, 3.05) is 11.1 Å². The topological polar surface area (TPSA) is 118 Å². The summed E-state index contributed by atoms with van der Waals surface area (Å²) in [4.78, 5) is 40.3. The summed E-state index contributed by atoms with van der Waals surface area (Å²) in [6.07, 6.45) is 0. The summed E-state index contributed by atoms with van der Waals surface area (Å²) in [6.45, 7) is 3.41. The normalized spacial score (nSPS) is 10.3. The van der Waals surface area contributed by atoms with Crippen LogP contribution in [-0.2, 0) is 4.79 Å². The highest BCUT2D eigenvalue weighted by Gasteiger charge is 2.09. The van der Waals surface area contributed by atoms with Gasteiger partial charge in [0, 0.05) is 29.1 Å².